The zero-order chi connectivity index (χ0) is 23.1. The van der Waals surface area contributed by atoms with Gasteiger partial charge in [0.1, 0.15) is 4.90 Å². The number of rotatable bonds is 5. The molecule has 1 fully saturated rings. The van der Waals surface area contributed by atoms with Crippen molar-refractivity contribution in [1.82, 2.24) is 8.69 Å². The zero-order valence-corrected chi connectivity index (χ0v) is 18.2. The molecule has 0 atom stereocenters. The third kappa shape index (κ3) is 4.15. The van der Waals surface area contributed by atoms with Crippen molar-refractivity contribution in [3.63, 3.8) is 0 Å². The second kappa shape index (κ2) is 8.18. The molecule has 1 N–H and O–H groups in total. The monoisotopic (exact) mass is 488 g/mol. The zero-order valence-electron chi connectivity index (χ0n) is 16.5. The second-order valence-corrected chi connectivity index (χ2v) is 10.8. The Morgan fingerprint density at radius 1 is 0.938 bits per heavy atom. The lowest BCUT2D eigenvalue weighted by Crippen LogP contribution is -2.38. The number of hydrogen-bond acceptors (Lipinski definition) is 5. The lowest BCUT2D eigenvalue weighted by molar-refractivity contribution is -0.136. The van der Waals surface area contributed by atoms with Gasteiger partial charge >= 0.3 is 6.18 Å². The Bertz CT molecular complexity index is 1350. The Morgan fingerprint density at radius 3 is 2.22 bits per heavy atom. The minimum atomic E-state index is -4.90. The Labute approximate surface area is 182 Å². The summed E-state index contributed by atoms with van der Waals surface area (Å²) in [4.78, 5) is -0.929. The van der Waals surface area contributed by atoms with Gasteiger partial charge in [0.25, 0.3) is 10.0 Å². The minimum Gasteiger partial charge on any atom is -0.381 e. The number of halogens is 3. The van der Waals surface area contributed by atoms with Crippen LogP contribution in [0.25, 0.3) is 10.9 Å². The first kappa shape index (κ1) is 22.8. The first-order chi connectivity index (χ1) is 15.0. The molecule has 7 nitrogen and oxygen atoms in total. The molecule has 1 saturated heterocycles. The van der Waals surface area contributed by atoms with Crippen molar-refractivity contribution in [2.75, 3.05) is 13.2 Å². The summed E-state index contributed by atoms with van der Waals surface area (Å²) in [5.74, 6) is 0. The van der Waals surface area contributed by atoms with Crippen LogP contribution in [0.4, 0.5) is 13.2 Å². The SMILES string of the molecule is O=S(=O)(NC1CCOCC1)c1cn(S(=O)(=O)c2ccccc2)c2cccc(C(F)(F)F)c12. The van der Waals surface area contributed by atoms with E-state index < -0.39 is 48.1 Å². The smallest absolute Gasteiger partial charge is 0.381 e. The number of sulfonamides is 1. The molecular weight excluding hydrogens is 469 g/mol. The molecule has 2 aromatic carbocycles. The Kier molecular flexibility index (Phi) is 5.82. The van der Waals surface area contributed by atoms with Crippen LogP contribution in [0.3, 0.4) is 0 Å². The molecule has 1 aliphatic heterocycles. The van der Waals surface area contributed by atoms with E-state index in [0.717, 1.165) is 24.4 Å². The lowest BCUT2D eigenvalue weighted by Gasteiger charge is -2.23. The maximum Gasteiger partial charge on any atom is 0.417 e. The number of benzene rings is 2. The molecule has 0 unspecified atom stereocenters. The van der Waals surface area contributed by atoms with Crippen molar-refractivity contribution in [1.29, 1.82) is 0 Å². The summed E-state index contributed by atoms with van der Waals surface area (Å²) in [6, 6.07) is 9.47. The Hall–Kier alpha value is -2.41. The van der Waals surface area contributed by atoms with Gasteiger partial charge in [0, 0.05) is 30.8 Å². The molecule has 0 aliphatic carbocycles. The Balaban J connectivity index is 1.97. The van der Waals surface area contributed by atoms with Crippen LogP contribution in [0.5, 0.6) is 0 Å². The molecule has 0 bridgehead atoms. The van der Waals surface area contributed by atoms with Crippen molar-refractivity contribution in [2.45, 2.75) is 34.9 Å². The van der Waals surface area contributed by atoms with Crippen LogP contribution in [0.15, 0.2) is 64.5 Å². The van der Waals surface area contributed by atoms with Crippen molar-refractivity contribution < 1.29 is 34.7 Å². The van der Waals surface area contributed by atoms with Gasteiger partial charge < -0.3 is 4.74 Å². The average molecular weight is 489 g/mol. The number of ether oxygens (including phenoxy) is 1. The first-order valence-corrected chi connectivity index (χ1v) is 12.6. The van der Waals surface area contributed by atoms with Gasteiger partial charge in [-0.05, 0) is 37.1 Å². The number of alkyl halides is 3. The van der Waals surface area contributed by atoms with E-state index in [2.05, 4.69) is 4.72 Å². The number of fused-ring (bicyclic) bond motifs is 1. The van der Waals surface area contributed by atoms with Gasteiger partial charge in [-0.25, -0.2) is 25.5 Å². The van der Waals surface area contributed by atoms with Crippen LogP contribution in [-0.4, -0.2) is 40.1 Å². The van der Waals surface area contributed by atoms with Crippen LogP contribution >= 0.6 is 0 Å². The Morgan fingerprint density at radius 2 is 1.59 bits per heavy atom. The lowest BCUT2D eigenvalue weighted by atomic mass is 10.1. The molecule has 12 heteroatoms. The van der Waals surface area contributed by atoms with Crippen LogP contribution in [-0.2, 0) is 31.0 Å². The summed E-state index contributed by atoms with van der Waals surface area (Å²) < 4.78 is 102. The largest absolute Gasteiger partial charge is 0.417 e. The molecule has 4 rings (SSSR count). The fourth-order valence-electron chi connectivity index (χ4n) is 3.67. The summed E-state index contributed by atoms with van der Waals surface area (Å²) in [6.07, 6.45) is -3.45. The molecule has 32 heavy (non-hydrogen) atoms. The maximum absolute atomic E-state index is 13.8. The summed E-state index contributed by atoms with van der Waals surface area (Å²) >= 11 is 0. The average Bonchev–Trinajstić information content (AvgIpc) is 3.15. The molecule has 1 aromatic heterocycles. The maximum atomic E-state index is 13.8. The highest BCUT2D eigenvalue weighted by molar-refractivity contribution is 7.91. The second-order valence-electron chi connectivity index (χ2n) is 7.31. The highest BCUT2D eigenvalue weighted by atomic mass is 32.2. The standard InChI is InChI=1S/C20H19F3N2O5S2/c21-20(22,23)16-7-4-8-17-19(16)18(31(26,27)24-14-9-11-30-12-10-14)13-25(17)32(28,29)15-5-2-1-3-6-15/h1-8,13-14,24H,9-12H2. The van der Waals surface area contributed by atoms with Crippen LogP contribution in [0.1, 0.15) is 18.4 Å². The van der Waals surface area contributed by atoms with Gasteiger partial charge in [-0.1, -0.05) is 24.3 Å². The van der Waals surface area contributed by atoms with Crippen LogP contribution in [0.2, 0.25) is 0 Å². The quantitative estimate of drug-likeness (QED) is 0.595. The number of hydrogen-bond donors (Lipinski definition) is 1. The van der Waals surface area contributed by atoms with Gasteiger partial charge in [-0.2, -0.15) is 13.2 Å². The van der Waals surface area contributed by atoms with E-state index in [1.807, 2.05) is 0 Å². The van der Waals surface area contributed by atoms with E-state index in [0.29, 0.717) is 30.0 Å². The topological polar surface area (TPSA) is 94.5 Å². The number of aromatic nitrogens is 1. The number of nitrogens with one attached hydrogen (secondary N) is 1. The minimum absolute atomic E-state index is 0.185. The molecule has 2 heterocycles. The first-order valence-electron chi connectivity index (χ1n) is 9.64. The molecule has 3 aromatic rings. The van der Waals surface area contributed by atoms with E-state index in [4.69, 9.17) is 4.74 Å². The fourth-order valence-corrected chi connectivity index (χ4v) is 6.65. The molecule has 1 aliphatic rings. The third-order valence-electron chi connectivity index (χ3n) is 5.20. The van der Waals surface area contributed by atoms with E-state index in [-0.39, 0.29) is 10.4 Å². The molecule has 0 amide bonds. The van der Waals surface area contributed by atoms with E-state index in [1.54, 1.807) is 6.07 Å². The summed E-state index contributed by atoms with van der Waals surface area (Å²) in [7, 11) is -8.85. The highest BCUT2D eigenvalue weighted by Crippen LogP contribution is 2.39. The molecule has 0 radical (unpaired) electrons. The fraction of sp³-hybridized carbons (Fsp3) is 0.300. The molecule has 172 valence electrons. The van der Waals surface area contributed by atoms with Gasteiger partial charge in [0.05, 0.1) is 16.0 Å². The molecular formula is C20H19F3N2O5S2. The predicted molar refractivity (Wildman–Crippen MR) is 110 cm³/mol. The van der Waals surface area contributed by atoms with Crippen LogP contribution in [0, 0.1) is 0 Å². The van der Waals surface area contributed by atoms with Crippen molar-refractivity contribution in [3.8, 4) is 0 Å². The van der Waals surface area contributed by atoms with E-state index in [9.17, 15) is 30.0 Å². The van der Waals surface area contributed by atoms with Gasteiger partial charge in [-0.15, -0.1) is 0 Å². The van der Waals surface area contributed by atoms with E-state index in [1.165, 1.54) is 24.3 Å². The van der Waals surface area contributed by atoms with Gasteiger partial charge in [-0.3, -0.25) is 0 Å². The van der Waals surface area contributed by atoms with Crippen molar-refractivity contribution in [2.24, 2.45) is 0 Å². The summed E-state index contributed by atoms with van der Waals surface area (Å²) in [5.41, 5.74) is -1.61. The normalized spacial score (nSPS) is 16.5. The predicted octanol–water partition coefficient (Wildman–Crippen LogP) is 3.35. The highest BCUT2D eigenvalue weighted by Gasteiger charge is 2.38. The third-order valence-corrected chi connectivity index (χ3v) is 8.42. The summed E-state index contributed by atoms with van der Waals surface area (Å²) in [6.45, 7) is 0.621. The molecule has 0 saturated carbocycles. The van der Waals surface area contributed by atoms with Crippen molar-refractivity contribution >= 4 is 30.9 Å². The van der Waals surface area contributed by atoms with E-state index >= 15 is 0 Å². The van der Waals surface area contributed by atoms with Gasteiger partial charge in [0.2, 0.25) is 10.0 Å². The summed E-state index contributed by atoms with van der Waals surface area (Å²) in [5, 5.41) is -0.695. The number of nitrogens with zero attached hydrogens (tertiary/aromatic N) is 1. The van der Waals surface area contributed by atoms with Crippen LogP contribution < -0.4 is 4.72 Å². The van der Waals surface area contributed by atoms with Gasteiger partial charge in [0.15, 0.2) is 0 Å². The van der Waals surface area contributed by atoms with Crippen molar-refractivity contribution in [3.05, 3.63) is 60.3 Å². The molecule has 0 spiro atoms.